The lowest BCUT2D eigenvalue weighted by Crippen LogP contribution is -2.30. The van der Waals surface area contributed by atoms with Crippen molar-refractivity contribution >= 4 is 63.6 Å². The Bertz CT molecular complexity index is 1840. The summed E-state index contributed by atoms with van der Waals surface area (Å²) in [5, 5.41) is 9.11. The molecule has 0 saturated carbocycles. The molecule has 4 aromatic rings. The van der Waals surface area contributed by atoms with Gasteiger partial charge in [0.05, 0.1) is 24.5 Å². The summed E-state index contributed by atoms with van der Waals surface area (Å²) in [6.45, 7) is 6.65. The van der Waals surface area contributed by atoms with Crippen molar-refractivity contribution in [2.45, 2.75) is 44.9 Å². The number of thioether (sulfide) groups is 1. The van der Waals surface area contributed by atoms with E-state index in [1.807, 2.05) is 19.1 Å². The first kappa shape index (κ1) is 35.4. The molecule has 0 saturated heterocycles. The Morgan fingerprint density at radius 1 is 0.939 bits per heavy atom. The van der Waals surface area contributed by atoms with Gasteiger partial charge in [0.25, 0.3) is 11.8 Å². The number of hydrogen-bond donors (Lipinski definition) is 3. The molecule has 3 N–H and O–H groups in total. The van der Waals surface area contributed by atoms with Crippen molar-refractivity contribution in [2.75, 3.05) is 29.6 Å². The zero-order valence-electron chi connectivity index (χ0n) is 27.7. The van der Waals surface area contributed by atoms with Crippen LogP contribution >= 0.6 is 23.1 Å². The summed E-state index contributed by atoms with van der Waals surface area (Å²) in [5.74, 6) is -0.277. The second-order valence-electron chi connectivity index (χ2n) is 11.5. The Balaban J connectivity index is 1.27. The normalized spacial score (nSPS) is 13.9. The van der Waals surface area contributed by atoms with Crippen molar-refractivity contribution in [3.63, 3.8) is 0 Å². The maximum atomic E-state index is 13.5. The summed E-state index contributed by atoms with van der Waals surface area (Å²) in [7, 11) is 0. The molecule has 49 heavy (non-hydrogen) atoms. The smallest absolute Gasteiger partial charge is 0.341 e. The molecule has 0 bridgehead atoms. The highest BCUT2D eigenvalue weighted by Crippen LogP contribution is 2.40. The number of fused-ring (bicyclic) bond motifs is 1. The fourth-order valence-corrected chi connectivity index (χ4v) is 7.54. The molecule has 254 valence electrons. The number of hydrogen-bond acceptors (Lipinski definition) is 8. The lowest BCUT2D eigenvalue weighted by atomic mass is 9.88. The zero-order chi connectivity index (χ0) is 34.8. The molecule has 9 nitrogen and oxygen atoms in total. The maximum Gasteiger partial charge on any atom is 0.341 e. The second-order valence-corrected chi connectivity index (χ2v) is 13.6. The average molecular weight is 698 g/mol. The van der Waals surface area contributed by atoms with Gasteiger partial charge in [-0.3, -0.25) is 14.4 Å². The van der Waals surface area contributed by atoms with Gasteiger partial charge >= 0.3 is 5.97 Å². The lowest BCUT2D eigenvalue weighted by molar-refractivity contribution is -0.114. The number of thiophene rings is 1. The first-order valence-corrected chi connectivity index (χ1v) is 18.0. The predicted molar refractivity (Wildman–Crippen MR) is 195 cm³/mol. The first-order chi connectivity index (χ1) is 23.7. The van der Waals surface area contributed by atoms with E-state index in [1.54, 1.807) is 79.7 Å². The minimum atomic E-state index is -0.513. The Morgan fingerprint density at radius 2 is 1.71 bits per heavy atom. The summed E-state index contributed by atoms with van der Waals surface area (Å²) in [6.07, 6.45) is 4.26. The third-order valence-corrected chi connectivity index (χ3v) is 9.90. The summed E-state index contributed by atoms with van der Waals surface area (Å²) >= 11 is 2.76. The van der Waals surface area contributed by atoms with Crippen LogP contribution in [0.25, 0.3) is 6.08 Å². The van der Waals surface area contributed by atoms with E-state index in [0.29, 0.717) is 45.7 Å². The van der Waals surface area contributed by atoms with Gasteiger partial charge in [-0.15, -0.1) is 23.1 Å². The van der Waals surface area contributed by atoms with E-state index >= 15 is 0 Å². The first-order valence-electron chi connectivity index (χ1n) is 16.2. The van der Waals surface area contributed by atoms with Crippen LogP contribution in [0.4, 0.5) is 10.7 Å². The quantitative estimate of drug-likeness (QED) is 0.0748. The minimum absolute atomic E-state index is 0.0564. The molecule has 0 radical (unpaired) electrons. The largest absolute Gasteiger partial charge is 0.494 e. The number of ether oxygens (including phenoxy) is 2. The van der Waals surface area contributed by atoms with Crippen LogP contribution in [0.15, 0.2) is 89.5 Å². The molecule has 1 aromatic heterocycles. The second kappa shape index (κ2) is 17.0. The van der Waals surface area contributed by atoms with Crippen molar-refractivity contribution in [3.05, 3.63) is 112 Å². The fourth-order valence-electron chi connectivity index (χ4n) is 5.37. The highest BCUT2D eigenvalue weighted by Gasteiger charge is 2.29. The third-order valence-electron chi connectivity index (χ3n) is 7.74. The Labute approximate surface area is 294 Å². The summed E-state index contributed by atoms with van der Waals surface area (Å²) < 4.78 is 10.8. The molecule has 3 amide bonds. The summed E-state index contributed by atoms with van der Waals surface area (Å²) in [4.78, 5) is 54.4. The molecule has 5 rings (SSSR count). The van der Waals surface area contributed by atoms with Crippen molar-refractivity contribution in [3.8, 4) is 5.75 Å². The van der Waals surface area contributed by atoms with Gasteiger partial charge in [0.15, 0.2) is 0 Å². The van der Waals surface area contributed by atoms with Crippen molar-refractivity contribution in [2.24, 2.45) is 5.92 Å². The number of esters is 1. The number of carbonyl (C=O) groups is 4. The predicted octanol–water partition coefficient (Wildman–Crippen LogP) is 7.59. The Morgan fingerprint density at radius 3 is 2.45 bits per heavy atom. The molecular formula is C38H39N3O6S2. The highest BCUT2D eigenvalue weighted by atomic mass is 32.2. The molecule has 3 aromatic carbocycles. The van der Waals surface area contributed by atoms with Crippen molar-refractivity contribution < 1.29 is 28.7 Å². The average Bonchev–Trinajstić information content (AvgIpc) is 3.45. The van der Waals surface area contributed by atoms with E-state index in [2.05, 4.69) is 22.9 Å². The zero-order valence-corrected chi connectivity index (χ0v) is 29.3. The van der Waals surface area contributed by atoms with Gasteiger partial charge < -0.3 is 25.4 Å². The molecule has 1 atom stereocenters. The SMILES string of the molecule is CCOC(=O)c1c(NC(=O)CSc2cccc(NC(=O)/C(=C\c3ccc(OCC)cc3)NC(=O)c3ccccc3)c2)sc2c1CCC(C)C2. The minimum Gasteiger partial charge on any atom is -0.494 e. The molecule has 1 aliphatic carbocycles. The molecule has 11 heteroatoms. The van der Waals surface area contributed by atoms with E-state index in [0.717, 1.165) is 34.6 Å². The number of amides is 3. The van der Waals surface area contributed by atoms with E-state index in [9.17, 15) is 19.2 Å². The third kappa shape index (κ3) is 9.61. The van der Waals surface area contributed by atoms with Crippen LogP contribution in [0.2, 0.25) is 0 Å². The fraction of sp³-hybridized carbons (Fsp3) is 0.263. The van der Waals surface area contributed by atoms with E-state index in [-0.39, 0.29) is 24.0 Å². The molecule has 1 unspecified atom stereocenters. The standard InChI is InChI=1S/C38H39N3O6S2/c1-4-46-28-17-15-25(16-18-28)21-31(40-35(43)26-10-7-6-8-11-26)36(44)39-27-12-9-13-29(22-27)48-23-33(42)41-37-34(38(45)47-5-2)30-19-14-24(3)20-32(30)49-37/h6-13,15-18,21-22,24H,4-5,14,19-20,23H2,1-3H3,(H,39,44)(H,40,43)(H,41,42)/b31-21+. The molecule has 0 spiro atoms. The number of anilines is 2. The van der Waals surface area contributed by atoms with Crippen LogP contribution in [0, 0.1) is 5.92 Å². The molecule has 1 heterocycles. The topological polar surface area (TPSA) is 123 Å². The van der Waals surface area contributed by atoms with Gasteiger partial charge in [-0.2, -0.15) is 0 Å². The van der Waals surface area contributed by atoms with Gasteiger partial charge in [0, 0.05) is 21.0 Å². The number of carbonyl (C=O) groups excluding carboxylic acids is 4. The molecule has 0 fully saturated rings. The van der Waals surface area contributed by atoms with Crippen LogP contribution in [-0.4, -0.2) is 42.7 Å². The number of nitrogens with one attached hydrogen (secondary N) is 3. The molecular weight excluding hydrogens is 659 g/mol. The van der Waals surface area contributed by atoms with E-state index in [1.165, 1.54) is 23.1 Å². The lowest BCUT2D eigenvalue weighted by Gasteiger charge is -2.18. The highest BCUT2D eigenvalue weighted by molar-refractivity contribution is 8.00. The van der Waals surface area contributed by atoms with Gasteiger partial charge in [0.1, 0.15) is 16.4 Å². The maximum absolute atomic E-state index is 13.5. The van der Waals surface area contributed by atoms with Crippen LogP contribution < -0.4 is 20.7 Å². The van der Waals surface area contributed by atoms with E-state index < -0.39 is 17.8 Å². The Kier molecular flexibility index (Phi) is 12.3. The van der Waals surface area contributed by atoms with Crippen molar-refractivity contribution in [1.29, 1.82) is 0 Å². The molecule has 1 aliphatic rings. The van der Waals surface area contributed by atoms with Crippen LogP contribution in [-0.2, 0) is 27.2 Å². The van der Waals surface area contributed by atoms with E-state index in [4.69, 9.17) is 9.47 Å². The van der Waals surface area contributed by atoms with Crippen LogP contribution in [0.3, 0.4) is 0 Å². The van der Waals surface area contributed by atoms with Crippen LogP contribution in [0.1, 0.15) is 63.9 Å². The molecule has 0 aliphatic heterocycles. The van der Waals surface area contributed by atoms with Gasteiger partial charge in [0.2, 0.25) is 5.91 Å². The summed E-state index contributed by atoms with van der Waals surface area (Å²) in [6, 6.07) is 23.0. The van der Waals surface area contributed by atoms with Crippen LogP contribution in [0.5, 0.6) is 5.75 Å². The number of rotatable bonds is 13. The number of benzene rings is 3. The Hall–Kier alpha value is -4.87. The monoisotopic (exact) mass is 697 g/mol. The van der Waals surface area contributed by atoms with Gasteiger partial charge in [-0.05, 0) is 98.7 Å². The van der Waals surface area contributed by atoms with Gasteiger partial charge in [-0.1, -0.05) is 43.3 Å². The van der Waals surface area contributed by atoms with Crippen molar-refractivity contribution in [1.82, 2.24) is 5.32 Å². The van der Waals surface area contributed by atoms with Gasteiger partial charge in [-0.25, -0.2) is 4.79 Å². The summed E-state index contributed by atoms with van der Waals surface area (Å²) in [5.41, 5.74) is 3.13.